The van der Waals surface area contributed by atoms with Crippen molar-refractivity contribution in [3.63, 3.8) is 0 Å². The molecule has 0 spiro atoms. The molecule has 1 saturated heterocycles. The summed E-state index contributed by atoms with van der Waals surface area (Å²) in [6.07, 6.45) is 5.88. The van der Waals surface area contributed by atoms with Crippen LogP contribution in [0.25, 0.3) is 11.3 Å². The molecule has 1 fully saturated rings. The van der Waals surface area contributed by atoms with Gasteiger partial charge < -0.3 is 10.2 Å². The van der Waals surface area contributed by atoms with Gasteiger partial charge in [0.05, 0.1) is 11.6 Å². The summed E-state index contributed by atoms with van der Waals surface area (Å²) in [7, 11) is 0. The number of pyridine rings is 1. The average molecular weight is 403 g/mol. The molecule has 0 bridgehead atoms. The molecule has 1 aromatic carbocycles. The molecule has 4 rings (SSSR count). The molecule has 154 valence electrons. The summed E-state index contributed by atoms with van der Waals surface area (Å²) < 4.78 is 0. The van der Waals surface area contributed by atoms with Crippen LogP contribution in [-0.4, -0.2) is 45.0 Å². The quantitative estimate of drug-likeness (QED) is 0.682. The van der Waals surface area contributed by atoms with Crippen LogP contribution in [-0.2, 0) is 11.2 Å². The highest BCUT2D eigenvalue weighted by atomic mass is 16.2. The summed E-state index contributed by atoms with van der Waals surface area (Å²) in [5.41, 5.74) is 3.92. The van der Waals surface area contributed by atoms with Crippen LogP contribution in [0.3, 0.4) is 0 Å². The van der Waals surface area contributed by atoms with E-state index in [1.807, 2.05) is 36.4 Å². The van der Waals surface area contributed by atoms with Gasteiger partial charge in [-0.3, -0.25) is 19.7 Å². The third-order valence-corrected chi connectivity index (χ3v) is 5.45. The maximum atomic E-state index is 13.0. The number of carbonyl (C=O) groups is 2. The Hall–Kier alpha value is -3.48. The molecule has 0 aliphatic carbocycles. The highest BCUT2D eigenvalue weighted by Gasteiger charge is 2.29. The number of likely N-dealkylation sites (tertiary alicyclic amines) is 1. The van der Waals surface area contributed by atoms with Crippen molar-refractivity contribution in [2.45, 2.75) is 26.2 Å². The van der Waals surface area contributed by atoms with Gasteiger partial charge >= 0.3 is 0 Å². The van der Waals surface area contributed by atoms with E-state index in [2.05, 4.69) is 27.4 Å². The summed E-state index contributed by atoms with van der Waals surface area (Å²) >= 11 is 0. The van der Waals surface area contributed by atoms with Gasteiger partial charge in [-0.05, 0) is 55.2 Å². The zero-order valence-electron chi connectivity index (χ0n) is 17.0. The minimum Gasteiger partial charge on any atom is -0.337 e. The molecular weight excluding hydrogens is 378 g/mol. The van der Waals surface area contributed by atoms with E-state index in [0.29, 0.717) is 24.5 Å². The van der Waals surface area contributed by atoms with Crippen LogP contribution in [0.1, 0.15) is 35.8 Å². The lowest BCUT2D eigenvalue weighted by Crippen LogP contribution is -2.43. The van der Waals surface area contributed by atoms with Crippen molar-refractivity contribution in [3.8, 4) is 11.3 Å². The number of aromatic amines is 1. The number of benzene rings is 1. The minimum absolute atomic E-state index is 0.0404. The number of nitrogens with zero attached hydrogens (tertiary/aromatic N) is 3. The average Bonchev–Trinajstić information content (AvgIpc) is 3.30. The Kier molecular flexibility index (Phi) is 5.88. The Morgan fingerprint density at radius 2 is 2.13 bits per heavy atom. The number of amides is 2. The van der Waals surface area contributed by atoms with Gasteiger partial charge in [-0.2, -0.15) is 5.10 Å². The van der Waals surface area contributed by atoms with E-state index in [9.17, 15) is 9.59 Å². The summed E-state index contributed by atoms with van der Waals surface area (Å²) in [5.74, 6) is -0.404. The number of H-pyrrole nitrogens is 1. The number of piperidine rings is 1. The van der Waals surface area contributed by atoms with E-state index in [0.717, 1.165) is 30.5 Å². The van der Waals surface area contributed by atoms with Gasteiger partial charge in [0.15, 0.2) is 0 Å². The van der Waals surface area contributed by atoms with Crippen molar-refractivity contribution in [2.24, 2.45) is 5.92 Å². The van der Waals surface area contributed by atoms with Crippen molar-refractivity contribution in [1.82, 2.24) is 20.1 Å². The van der Waals surface area contributed by atoms with Gasteiger partial charge in [-0.1, -0.05) is 19.1 Å². The van der Waals surface area contributed by atoms with Crippen LogP contribution in [0, 0.1) is 5.92 Å². The number of rotatable bonds is 5. The maximum Gasteiger partial charge on any atom is 0.271 e. The second kappa shape index (κ2) is 8.90. The van der Waals surface area contributed by atoms with Crippen LogP contribution >= 0.6 is 0 Å². The number of aryl methyl sites for hydroxylation is 1. The second-order valence-electron chi connectivity index (χ2n) is 7.54. The minimum atomic E-state index is -0.228. The first kappa shape index (κ1) is 19.8. The molecule has 1 aliphatic heterocycles. The smallest absolute Gasteiger partial charge is 0.271 e. The molecule has 2 amide bonds. The number of carbonyl (C=O) groups excluding carboxylic acids is 2. The molecule has 0 saturated carbocycles. The Labute approximate surface area is 175 Å². The third-order valence-electron chi connectivity index (χ3n) is 5.45. The molecule has 7 nitrogen and oxygen atoms in total. The predicted octanol–water partition coefficient (Wildman–Crippen LogP) is 3.53. The van der Waals surface area contributed by atoms with Gasteiger partial charge in [-0.15, -0.1) is 0 Å². The van der Waals surface area contributed by atoms with E-state index in [4.69, 9.17) is 0 Å². The summed E-state index contributed by atoms with van der Waals surface area (Å²) in [6, 6.07) is 13.3. The van der Waals surface area contributed by atoms with E-state index >= 15 is 0 Å². The lowest BCUT2D eigenvalue weighted by atomic mass is 9.96. The van der Waals surface area contributed by atoms with Crippen molar-refractivity contribution in [2.75, 3.05) is 18.4 Å². The van der Waals surface area contributed by atoms with E-state index in [1.165, 1.54) is 5.56 Å². The second-order valence-corrected chi connectivity index (χ2v) is 7.54. The van der Waals surface area contributed by atoms with Gasteiger partial charge in [0, 0.05) is 36.7 Å². The molecule has 1 aliphatic rings. The summed E-state index contributed by atoms with van der Waals surface area (Å²) in [4.78, 5) is 31.6. The highest BCUT2D eigenvalue weighted by Crippen LogP contribution is 2.22. The largest absolute Gasteiger partial charge is 0.337 e. The topological polar surface area (TPSA) is 91.0 Å². The maximum absolute atomic E-state index is 13.0. The van der Waals surface area contributed by atoms with E-state index in [-0.39, 0.29) is 17.7 Å². The molecule has 0 radical (unpaired) electrons. The van der Waals surface area contributed by atoms with Crippen molar-refractivity contribution in [1.29, 1.82) is 0 Å². The number of hydrogen-bond acceptors (Lipinski definition) is 4. The van der Waals surface area contributed by atoms with Gasteiger partial charge in [0.1, 0.15) is 5.69 Å². The van der Waals surface area contributed by atoms with Crippen molar-refractivity contribution >= 4 is 17.5 Å². The highest BCUT2D eigenvalue weighted by molar-refractivity contribution is 5.95. The Balaban J connectivity index is 1.41. The lowest BCUT2D eigenvalue weighted by Gasteiger charge is -2.31. The van der Waals surface area contributed by atoms with Crippen molar-refractivity contribution in [3.05, 3.63) is 66.1 Å². The van der Waals surface area contributed by atoms with Crippen molar-refractivity contribution < 1.29 is 9.59 Å². The SMILES string of the molecule is CCc1cccc(NC(=O)[C@@H]2CCCN(C(=O)c3cc(-c4cccnc4)n[nH]3)C2)c1. The molecule has 3 aromatic rings. The fourth-order valence-electron chi connectivity index (χ4n) is 3.75. The van der Waals surface area contributed by atoms with E-state index in [1.54, 1.807) is 23.4 Å². The Bertz CT molecular complexity index is 1030. The van der Waals surface area contributed by atoms with Crippen LogP contribution in [0.2, 0.25) is 0 Å². The zero-order valence-corrected chi connectivity index (χ0v) is 17.0. The van der Waals surface area contributed by atoms with Crippen LogP contribution in [0.5, 0.6) is 0 Å². The molecular formula is C23H25N5O2. The first-order valence-corrected chi connectivity index (χ1v) is 10.3. The number of nitrogens with one attached hydrogen (secondary N) is 2. The van der Waals surface area contributed by atoms with E-state index < -0.39 is 0 Å². The van der Waals surface area contributed by atoms with Crippen LogP contribution in [0.15, 0.2) is 54.9 Å². The molecule has 7 heteroatoms. The molecule has 30 heavy (non-hydrogen) atoms. The van der Waals surface area contributed by atoms with Gasteiger partial charge in [-0.25, -0.2) is 0 Å². The number of aromatic nitrogens is 3. The van der Waals surface area contributed by atoms with Gasteiger partial charge in [0.2, 0.25) is 5.91 Å². The molecule has 0 unspecified atom stereocenters. The molecule has 2 aromatic heterocycles. The Morgan fingerprint density at radius 3 is 2.93 bits per heavy atom. The fraction of sp³-hybridized carbons (Fsp3) is 0.304. The predicted molar refractivity (Wildman–Crippen MR) is 115 cm³/mol. The normalized spacial score (nSPS) is 16.3. The molecule has 3 heterocycles. The van der Waals surface area contributed by atoms with Crippen LogP contribution in [0.4, 0.5) is 5.69 Å². The van der Waals surface area contributed by atoms with Crippen LogP contribution < -0.4 is 5.32 Å². The number of hydrogen-bond donors (Lipinski definition) is 2. The third kappa shape index (κ3) is 4.40. The molecule has 2 N–H and O–H groups in total. The first-order valence-electron chi connectivity index (χ1n) is 10.3. The zero-order chi connectivity index (χ0) is 20.9. The monoisotopic (exact) mass is 403 g/mol. The number of anilines is 1. The molecule has 1 atom stereocenters. The summed E-state index contributed by atoms with van der Waals surface area (Å²) in [6.45, 7) is 3.12. The Morgan fingerprint density at radius 1 is 1.23 bits per heavy atom. The fourth-order valence-corrected chi connectivity index (χ4v) is 3.75. The first-order chi connectivity index (χ1) is 14.6. The standard InChI is InChI=1S/C23H25N5O2/c1-2-16-6-3-9-19(12-16)25-22(29)18-8-5-11-28(15-18)23(30)21-13-20(26-27-21)17-7-4-10-24-14-17/h3-4,6-7,9-10,12-14,18H,2,5,8,11,15H2,1H3,(H,25,29)(H,26,27)/t18-/m1/s1. The lowest BCUT2D eigenvalue weighted by molar-refractivity contribution is -0.121. The van der Waals surface area contributed by atoms with Gasteiger partial charge in [0.25, 0.3) is 5.91 Å². The summed E-state index contributed by atoms with van der Waals surface area (Å²) in [5, 5.41) is 10.1.